The lowest BCUT2D eigenvalue weighted by atomic mass is 10.1. The lowest BCUT2D eigenvalue weighted by molar-refractivity contribution is -0.139. The molecule has 5 heteroatoms. The summed E-state index contributed by atoms with van der Waals surface area (Å²) in [6.45, 7) is 4.52. The fraction of sp³-hybridized carbons (Fsp3) is 0.462. The Hall–Kier alpha value is -2.27. The Kier molecular flexibility index (Phi) is 9.01. The van der Waals surface area contributed by atoms with Crippen molar-refractivity contribution in [3.05, 3.63) is 71.3 Å². The zero-order valence-corrected chi connectivity index (χ0v) is 19.5. The highest BCUT2D eigenvalue weighted by Gasteiger charge is 2.30. The van der Waals surface area contributed by atoms with E-state index >= 15 is 0 Å². The minimum Gasteiger partial charge on any atom is -0.352 e. The number of nitrogens with zero attached hydrogens (tertiary/aromatic N) is 1. The first-order valence-corrected chi connectivity index (χ1v) is 12.5. The Balaban J connectivity index is 1.71. The predicted octanol–water partition coefficient (Wildman–Crippen LogP) is 5.09. The second kappa shape index (κ2) is 11.9. The van der Waals surface area contributed by atoms with Crippen LogP contribution in [0, 0.1) is 6.92 Å². The molecule has 0 bridgehead atoms. The summed E-state index contributed by atoms with van der Waals surface area (Å²) in [7, 11) is 0. The fourth-order valence-electron chi connectivity index (χ4n) is 4.17. The van der Waals surface area contributed by atoms with Crippen LogP contribution in [0.25, 0.3) is 0 Å². The minimum atomic E-state index is -0.440. The van der Waals surface area contributed by atoms with Crippen molar-refractivity contribution in [1.82, 2.24) is 10.2 Å². The topological polar surface area (TPSA) is 49.4 Å². The zero-order valence-electron chi connectivity index (χ0n) is 18.7. The van der Waals surface area contributed by atoms with Crippen LogP contribution in [0.2, 0.25) is 0 Å². The molecule has 0 spiro atoms. The molecule has 2 aromatic carbocycles. The van der Waals surface area contributed by atoms with E-state index in [1.807, 2.05) is 43.3 Å². The first kappa shape index (κ1) is 23.4. The molecular formula is C26H34N2O2S. The molecule has 2 aromatic rings. The smallest absolute Gasteiger partial charge is 0.243 e. The normalized spacial score (nSPS) is 14.9. The Morgan fingerprint density at radius 2 is 1.74 bits per heavy atom. The molecule has 4 nitrogen and oxygen atoms in total. The molecule has 0 saturated heterocycles. The van der Waals surface area contributed by atoms with Gasteiger partial charge < -0.3 is 10.2 Å². The average molecular weight is 439 g/mol. The summed E-state index contributed by atoms with van der Waals surface area (Å²) in [6.07, 6.45) is 5.04. The molecule has 1 unspecified atom stereocenters. The molecule has 0 aromatic heterocycles. The number of rotatable bonds is 10. The van der Waals surface area contributed by atoms with E-state index in [1.165, 1.54) is 18.4 Å². The van der Waals surface area contributed by atoms with Gasteiger partial charge in [0, 0.05) is 18.3 Å². The van der Waals surface area contributed by atoms with Gasteiger partial charge in [-0.05, 0) is 42.9 Å². The van der Waals surface area contributed by atoms with Crippen molar-refractivity contribution in [2.75, 3.05) is 5.75 Å². The van der Waals surface area contributed by atoms with E-state index in [2.05, 4.69) is 30.4 Å². The maximum Gasteiger partial charge on any atom is 0.243 e. The highest BCUT2D eigenvalue weighted by atomic mass is 32.2. The lowest BCUT2D eigenvalue weighted by Crippen LogP contribution is -2.51. The van der Waals surface area contributed by atoms with Crippen LogP contribution >= 0.6 is 11.8 Å². The molecule has 166 valence electrons. The molecule has 1 N–H and O–H groups in total. The second-order valence-corrected chi connectivity index (χ2v) is 9.33. The zero-order chi connectivity index (χ0) is 22.1. The Morgan fingerprint density at radius 3 is 2.42 bits per heavy atom. The van der Waals surface area contributed by atoms with Crippen molar-refractivity contribution in [1.29, 1.82) is 0 Å². The molecule has 0 aliphatic heterocycles. The molecule has 2 amide bonds. The van der Waals surface area contributed by atoms with Crippen molar-refractivity contribution in [3.63, 3.8) is 0 Å². The van der Waals surface area contributed by atoms with E-state index in [0.717, 1.165) is 29.7 Å². The first-order chi connectivity index (χ1) is 15.1. The van der Waals surface area contributed by atoms with E-state index in [0.29, 0.717) is 18.7 Å². The van der Waals surface area contributed by atoms with E-state index in [9.17, 15) is 9.59 Å². The highest BCUT2D eigenvalue weighted by Crippen LogP contribution is 2.21. The summed E-state index contributed by atoms with van der Waals surface area (Å²) in [6, 6.07) is 18.1. The van der Waals surface area contributed by atoms with Crippen LogP contribution in [0.15, 0.2) is 54.6 Å². The third-order valence-electron chi connectivity index (χ3n) is 6.03. The molecule has 0 heterocycles. The molecule has 1 atom stereocenters. The van der Waals surface area contributed by atoms with E-state index in [-0.39, 0.29) is 17.9 Å². The third-order valence-corrected chi connectivity index (χ3v) is 7.02. The lowest BCUT2D eigenvalue weighted by Gasteiger charge is -2.32. The van der Waals surface area contributed by atoms with Crippen molar-refractivity contribution >= 4 is 23.6 Å². The van der Waals surface area contributed by atoms with E-state index in [4.69, 9.17) is 0 Å². The Bertz CT molecular complexity index is 849. The molecule has 1 fully saturated rings. The molecule has 3 rings (SSSR count). The largest absolute Gasteiger partial charge is 0.352 e. The molecule has 1 saturated carbocycles. The SMILES string of the molecule is CCC(C(=O)NC1CCCC1)N(Cc1ccccc1C)C(=O)CSCc1ccccc1. The Morgan fingerprint density at radius 1 is 1.06 bits per heavy atom. The van der Waals surface area contributed by atoms with Gasteiger partial charge in [-0.2, -0.15) is 0 Å². The van der Waals surface area contributed by atoms with Gasteiger partial charge in [-0.1, -0.05) is 74.4 Å². The van der Waals surface area contributed by atoms with Crippen LogP contribution in [0.5, 0.6) is 0 Å². The summed E-state index contributed by atoms with van der Waals surface area (Å²) in [5.74, 6) is 1.17. The average Bonchev–Trinajstić information content (AvgIpc) is 3.28. The highest BCUT2D eigenvalue weighted by molar-refractivity contribution is 7.99. The first-order valence-electron chi connectivity index (χ1n) is 11.3. The number of carbonyl (C=O) groups excluding carboxylic acids is 2. The maximum atomic E-state index is 13.3. The van der Waals surface area contributed by atoms with Gasteiger partial charge in [0.25, 0.3) is 0 Å². The number of hydrogen-bond acceptors (Lipinski definition) is 3. The van der Waals surface area contributed by atoms with Crippen LogP contribution < -0.4 is 5.32 Å². The number of hydrogen-bond donors (Lipinski definition) is 1. The van der Waals surface area contributed by atoms with Crippen LogP contribution in [0.1, 0.15) is 55.7 Å². The molecule has 1 aliphatic carbocycles. The number of thioether (sulfide) groups is 1. The summed E-state index contributed by atoms with van der Waals surface area (Å²) >= 11 is 1.61. The van der Waals surface area contributed by atoms with Crippen LogP contribution in [0.4, 0.5) is 0 Å². The number of nitrogens with one attached hydrogen (secondary N) is 1. The maximum absolute atomic E-state index is 13.3. The summed E-state index contributed by atoms with van der Waals surface area (Å²) in [5.41, 5.74) is 3.44. The van der Waals surface area contributed by atoms with Crippen molar-refractivity contribution in [2.45, 2.75) is 70.3 Å². The van der Waals surface area contributed by atoms with Crippen molar-refractivity contribution < 1.29 is 9.59 Å². The number of benzene rings is 2. The van der Waals surface area contributed by atoms with Crippen LogP contribution in [0.3, 0.4) is 0 Å². The van der Waals surface area contributed by atoms with E-state index < -0.39 is 6.04 Å². The van der Waals surface area contributed by atoms with Crippen LogP contribution in [-0.4, -0.2) is 34.6 Å². The van der Waals surface area contributed by atoms with Gasteiger partial charge in [-0.3, -0.25) is 9.59 Å². The Labute approximate surface area is 190 Å². The standard InChI is InChI=1S/C26H34N2O2S/c1-3-24(26(30)27-23-15-9-10-16-23)28(17-22-14-8-7-11-20(22)2)25(29)19-31-18-21-12-5-4-6-13-21/h4-8,11-14,23-24H,3,9-10,15-19H2,1-2H3,(H,27,30). The van der Waals surface area contributed by atoms with Gasteiger partial charge >= 0.3 is 0 Å². The third kappa shape index (κ3) is 6.86. The van der Waals surface area contributed by atoms with Gasteiger partial charge in [-0.15, -0.1) is 11.8 Å². The summed E-state index contributed by atoms with van der Waals surface area (Å²) in [5, 5.41) is 3.21. The van der Waals surface area contributed by atoms with Gasteiger partial charge in [0.15, 0.2) is 0 Å². The molecular weight excluding hydrogens is 404 g/mol. The molecule has 31 heavy (non-hydrogen) atoms. The quantitative estimate of drug-likeness (QED) is 0.562. The number of amides is 2. The fourth-order valence-corrected chi connectivity index (χ4v) is 5.04. The van der Waals surface area contributed by atoms with Gasteiger partial charge in [0.1, 0.15) is 6.04 Å². The van der Waals surface area contributed by atoms with Gasteiger partial charge in [0.2, 0.25) is 11.8 Å². The molecule has 0 radical (unpaired) electrons. The predicted molar refractivity (Wildman–Crippen MR) is 129 cm³/mol. The number of carbonyl (C=O) groups is 2. The van der Waals surface area contributed by atoms with Crippen molar-refractivity contribution in [2.24, 2.45) is 0 Å². The van der Waals surface area contributed by atoms with Crippen LogP contribution in [-0.2, 0) is 21.9 Å². The number of aryl methyl sites for hydroxylation is 1. The molecule has 1 aliphatic rings. The van der Waals surface area contributed by atoms with E-state index in [1.54, 1.807) is 16.7 Å². The summed E-state index contributed by atoms with van der Waals surface area (Å²) in [4.78, 5) is 28.2. The summed E-state index contributed by atoms with van der Waals surface area (Å²) < 4.78 is 0. The monoisotopic (exact) mass is 438 g/mol. The van der Waals surface area contributed by atoms with Crippen molar-refractivity contribution in [3.8, 4) is 0 Å². The van der Waals surface area contributed by atoms with Gasteiger partial charge in [0.05, 0.1) is 5.75 Å². The van der Waals surface area contributed by atoms with Gasteiger partial charge in [-0.25, -0.2) is 0 Å². The second-order valence-electron chi connectivity index (χ2n) is 8.34. The minimum absolute atomic E-state index is 0.00982.